The Hall–Kier alpha value is -1.78. The Morgan fingerprint density at radius 3 is 2.04 bits per heavy atom. The molecule has 0 aromatic heterocycles. The number of nitrogens with two attached hydrogens (primary N) is 1. The minimum atomic E-state index is -0.439. The van der Waals surface area contributed by atoms with Gasteiger partial charge < -0.3 is 15.0 Å². The van der Waals surface area contributed by atoms with E-state index in [0.29, 0.717) is 0 Å². The first kappa shape index (κ1) is 16.7. The molecule has 1 heterocycles. The molecule has 0 unspecified atom stereocenters. The molecular weight excluding hydrogens is 309 g/mol. The van der Waals surface area contributed by atoms with Crippen LogP contribution in [-0.2, 0) is 14.7 Å². The Morgan fingerprint density at radius 2 is 1.40 bits per heavy atom. The highest BCUT2D eigenvalue weighted by atomic mass is 16.7. The van der Waals surface area contributed by atoms with Crippen molar-refractivity contribution in [2.24, 2.45) is 0 Å². The second kappa shape index (κ2) is 4.90. The third-order valence-electron chi connectivity index (χ3n) is 6.29. The van der Waals surface area contributed by atoms with E-state index in [4.69, 9.17) is 15.0 Å². The topological polar surface area (TPSA) is 44.5 Å². The van der Waals surface area contributed by atoms with Crippen molar-refractivity contribution in [2.75, 3.05) is 5.73 Å². The summed E-state index contributed by atoms with van der Waals surface area (Å²) in [6.07, 6.45) is 0. The van der Waals surface area contributed by atoms with Crippen LogP contribution in [0.4, 0.5) is 5.69 Å². The zero-order valence-corrected chi connectivity index (χ0v) is 15.9. The minimum absolute atomic E-state index is 0.0471. The van der Waals surface area contributed by atoms with Gasteiger partial charge in [0.15, 0.2) is 0 Å². The Bertz CT molecular complexity index is 854. The third-order valence-corrected chi connectivity index (χ3v) is 6.29. The highest BCUT2D eigenvalue weighted by molar-refractivity contribution is 6.64. The molecule has 1 fully saturated rings. The van der Waals surface area contributed by atoms with Crippen LogP contribution < -0.4 is 11.2 Å². The first-order valence-corrected chi connectivity index (χ1v) is 8.94. The van der Waals surface area contributed by atoms with Crippen LogP contribution in [0.25, 0.3) is 11.1 Å². The van der Waals surface area contributed by atoms with Crippen LogP contribution in [0, 0.1) is 0 Å². The summed E-state index contributed by atoms with van der Waals surface area (Å²) in [5.41, 5.74) is 12.4. The van der Waals surface area contributed by atoms with Gasteiger partial charge in [-0.1, -0.05) is 44.2 Å². The van der Waals surface area contributed by atoms with Crippen LogP contribution >= 0.6 is 0 Å². The van der Waals surface area contributed by atoms with E-state index in [1.807, 2.05) is 0 Å². The second-order valence-corrected chi connectivity index (χ2v) is 8.79. The zero-order chi connectivity index (χ0) is 18.2. The standard InChI is InChI=1S/C21H26BNO2/c1-19(2)15-10-8-7-9-13(15)14-11-17(18(23)12-16(14)19)22-24-20(3,4)21(5,6)25-22/h7-12H,23H2,1-6H3. The molecular formula is C21H26BNO2. The van der Waals surface area contributed by atoms with Crippen molar-refractivity contribution in [1.82, 2.24) is 0 Å². The fourth-order valence-electron chi connectivity index (χ4n) is 3.96. The summed E-state index contributed by atoms with van der Waals surface area (Å²) in [6.45, 7) is 12.8. The summed E-state index contributed by atoms with van der Waals surface area (Å²) in [6, 6.07) is 12.9. The fraction of sp³-hybridized carbons (Fsp3) is 0.429. The number of rotatable bonds is 1. The van der Waals surface area contributed by atoms with Gasteiger partial charge in [-0.3, -0.25) is 0 Å². The lowest BCUT2D eigenvalue weighted by atomic mass is 9.74. The van der Waals surface area contributed by atoms with Crippen molar-refractivity contribution in [3.63, 3.8) is 0 Å². The maximum Gasteiger partial charge on any atom is 0.496 e. The molecule has 0 radical (unpaired) electrons. The molecule has 1 aliphatic carbocycles. The molecule has 0 atom stereocenters. The van der Waals surface area contributed by atoms with Crippen molar-refractivity contribution in [3.8, 4) is 11.1 Å². The maximum absolute atomic E-state index is 6.45. The summed E-state index contributed by atoms with van der Waals surface area (Å²) >= 11 is 0. The molecule has 1 aliphatic heterocycles. The molecule has 4 heteroatoms. The molecule has 0 spiro atoms. The number of benzene rings is 2. The van der Waals surface area contributed by atoms with Gasteiger partial charge in [0.1, 0.15) is 0 Å². The molecule has 4 rings (SSSR count). The van der Waals surface area contributed by atoms with Crippen molar-refractivity contribution in [2.45, 2.75) is 58.2 Å². The molecule has 2 aliphatic rings. The Labute approximate surface area is 150 Å². The molecule has 2 aromatic rings. The van der Waals surface area contributed by atoms with E-state index in [1.54, 1.807) is 0 Å². The molecule has 1 saturated heterocycles. The average Bonchev–Trinajstić information content (AvgIpc) is 2.87. The Kier molecular flexibility index (Phi) is 3.27. The van der Waals surface area contributed by atoms with Gasteiger partial charge in [0.2, 0.25) is 0 Å². The summed E-state index contributed by atoms with van der Waals surface area (Å²) in [5.74, 6) is 0. The van der Waals surface area contributed by atoms with Gasteiger partial charge >= 0.3 is 7.12 Å². The Morgan fingerprint density at radius 1 is 0.800 bits per heavy atom. The normalized spacial score (nSPS) is 21.9. The molecule has 2 aromatic carbocycles. The van der Waals surface area contributed by atoms with E-state index in [1.165, 1.54) is 22.3 Å². The van der Waals surface area contributed by atoms with Gasteiger partial charge in [0.05, 0.1) is 11.2 Å². The first-order valence-electron chi connectivity index (χ1n) is 8.94. The van der Waals surface area contributed by atoms with Gasteiger partial charge in [-0.15, -0.1) is 0 Å². The van der Waals surface area contributed by atoms with Gasteiger partial charge in [0, 0.05) is 16.6 Å². The molecule has 25 heavy (non-hydrogen) atoms. The number of nitrogen functional groups attached to an aromatic ring is 1. The van der Waals surface area contributed by atoms with Crippen molar-refractivity contribution >= 4 is 18.3 Å². The molecule has 2 N–H and O–H groups in total. The predicted octanol–water partition coefficient (Wildman–Crippen LogP) is 3.87. The van der Waals surface area contributed by atoms with E-state index in [2.05, 4.69) is 77.9 Å². The van der Waals surface area contributed by atoms with Crippen LogP contribution in [0.15, 0.2) is 36.4 Å². The maximum atomic E-state index is 6.45. The highest BCUT2D eigenvalue weighted by Crippen LogP contribution is 2.49. The molecule has 3 nitrogen and oxygen atoms in total. The minimum Gasteiger partial charge on any atom is -0.399 e. The summed E-state index contributed by atoms with van der Waals surface area (Å²) in [4.78, 5) is 0. The average molecular weight is 335 g/mol. The highest BCUT2D eigenvalue weighted by Gasteiger charge is 2.52. The largest absolute Gasteiger partial charge is 0.496 e. The van der Waals surface area contributed by atoms with E-state index in [9.17, 15) is 0 Å². The smallest absolute Gasteiger partial charge is 0.399 e. The van der Waals surface area contributed by atoms with Crippen LogP contribution in [0.3, 0.4) is 0 Å². The summed E-state index contributed by atoms with van der Waals surface area (Å²) in [5, 5.41) is 0. The van der Waals surface area contributed by atoms with Crippen LogP contribution in [0.2, 0.25) is 0 Å². The van der Waals surface area contributed by atoms with Gasteiger partial charge in [-0.25, -0.2) is 0 Å². The first-order chi connectivity index (χ1) is 11.5. The summed E-state index contributed by atoms with van der Waals surface area (Å²) < 4.78 is 12.5. The van der Waals surface area contributed by atoms with Crippen LogP contribution in [0.1, 0.15) is 52.7 Å². The monoisotopic (exact) mass is 335 g/mol. The third kappa shape index (κ3) is 2.20. The lowest BCUT2D eigenvalue weighted by Crippen LogP contribution is -2.41. The Balaban J connectivity index is 1.86. The summed E-state index contributed by atoms with van der Waals surface area (Å²) in [7, 11) is -0.439. The second-order valence-electron chi connectivity index (χ2n) is 8.79. The SMILES string of the molecule is CC1(C)c2ccccc2-c2cc(B3OC(C)(C)C(C)(C)O3)c(N)cc21. The van der Waals surface area contributed by atoms with Crippen molar-refractivity contribution in [3.05, 3.63) is 47.5 Å². The van der Waals surface area contributed by atoms with Crippen molar-refractivity contribution in [1.29, 1.82) is 0 Å². The lowest BCUT2D eigenvalue weighted by molar-refractivity contribution is 0.00578. The quantitative estimate of drug-likeness (QED) is 0.635. The zero-order valence-electron chi connectivity index (χ0n) is 15.9. The van der Waals surface area contributed by atoms with E-state index in [0.717, 1.165) is 11.2 Å². The van der Waals surface area contributed by atoms with Crippen molar-refractivity contribution < 1.29 is 9.31 Å². The van der Waals surface area contributed by atoms with E-state index >= 15 is 0 Å². The van der Waals surface area contributed by atoms with E-state index in [-0.39, 0.29) is 16.6 Å². The van der Waals surface area contributed by atoms with Gasteiger partial charge in [-0.2, -0.15) is 0 Å². The number of hydrogen-bond donors (Lipinski definition) is 1. The van der Waals surface area contributed by atoms with Crippen LogP contribution in [-0.4, -0.2) is 18.3 Å². The van der Waals surface area contributed by atoms with Gasteiger partial charge in [0.25, 0.3) is 0 Å². The molecule has 0 amide bonds. The number of anilines is 1. The van der Waals surface area contributed by atoms with Crippen LogP contribution in [0.5, 0.6) is 0 Å². The molecule has 0 saturated carbocycles. The fourth-order valence-corrected chi connectivity index (χ4v) is 3.96. The number of hydrogen-bond acceptors (Lipinski definition) is 3. The molecule has 130 valence electrons. The van der Waals surface area contributed by atoms with E-state index < -0.39 is 7.12 Å². The number of fused-ring (bicyclic) bond motifs is 3. The van der Waals surface area contributed by atoms with Gasteiger partial charge in [-0.05, 0) is 56.0 Å². The lowest BCUT2D eigenvalue weighted by Gasteiger charge is -2.32. The molecule has 0 bridgehead atoms. The predicted molar refractivity (Wildman–Crippen MR) is 104 cm³/mol.